The van der Waals surface area contributed by atoms with Gasteiger partial charge in [0, 0.05) is 24.3 Å². The minimum Gasteiger partial charge on any atom is -0.495 e. The number of hydrogen-bond acceptors (Lipinski definition) is 4. The van der Waals surface area contributed by atoms with E-state index in [1.165, 1.54) is 0 Å². The highest BCUT2D eigenvalue weighted by Gasteiger charge is 2.23. The summed E-state index contributed by atoms with van der Waals surface area (Å²) in [5.74, 6) is 0.564. The van der Waals surface area contributed by atoms with E-state index in [1.54, 1.807) is 12.0 Å². The third-order valence-electron chi connectivity index (χ3n) is 5.57. The highest BCUT2D eigenvalue weighted by atomic mass is 16.5. The van der Waals surface area contributed by atoms with Gasteiger partial charge in [-0.1, -0.05) is 36.4 Å². The van der Waals surface area contributed by atoms with Crippen molar-refractivity contribution in [3.63, 3.8) is 0 Å². The van der Waals surface area contributed by atoms with E-state index in [0.29, 0.717) is 17.9 Å². The monoisotopic (exact) mass is 429 g/mol. The second-order valence-electron chi connectivity index (χ2n) is 7.88. The number of aryl methyl sites for hydroxylation is 1. The fourth-order valence-corrected chi connectivity index (χ4v) is 3.90. The van der Waals surface area contributed by atoms with Gasteiger partial charge in [-0.25, -0.2) is 0 Å². The molecule has 6 heteroatoms. The average molecular weight is 430 g/mol. The van der Waals surface area contributed by atoms with E-state index in [-0.39, 0.29) is 11.8 Å². The third kappa shape index (κ3) is 4.75. The molecule has 164 valence electrons. The molecule has 1 aliphatic heterocycles. The summed E-state index contributed by atoms with van der Waals surface area (Å²) in [6, 6.07) is 22.3. The fraction of sp³-hybridized carbons (Fsp3) is 0.231. The van der Waals surface area contributed by atoms with Gasteiger partial charge in [-0.05, 0) is 60.9 Å². The predicted octanol–water partition coefficient (Wildman–Crippen LogP) is 4.92. The lowest BCUT2D eigenvalue weighted by atomic mass is 10.1. The second-order valence-corrected chi connectivity index (χ2v) is 7.88. The largest absolute Gasteiger partial charge is 0.495 e. The molecular weight excluding hydrogens is 402 g/mol. The van der Waals surface area contributed by atoms with Crippen LogP contribution in [0.3, 0.4) is 0 Å². The molecule has 0 saturated carbocycles. The number of carbonyl (C=O) groups excluding carboxylic acids is 2. The quantitative estimate of drug-likeness (QED) is 0.559. The molecule has 1 heterocycles. The summed E-state index contributed by atoms with van der Waals surface area (Å²) in [4.78, 5) is 27.1. The van der Waals surface area contributed by atoms with Crippen LogP contribution >= 0.6 is 0 Å². The highest BCUT2D eigenvalue weighted by Crippen LogP contribution is 2.29. The summed E-state index contributed by atoms with van der Waals surface area (Å²) < 4.78 is 5.41. The van der Waals surface area contributed by atoms with Crippen LogP contribution in [0.5, 0.6) is 5.75 Å². The van der Waals surface area contributed by atoms with Crippen LogP contribution in [0.2, 0.25) is 0 Å². The molecule has 1 fully saturated rings. The number of nitrogens with zero attached hydrogens (tertiary/aromatic N) is 1. The zero-order valence-corrected chi connectivity index (χ0v) is 18.3. The molecule has 3 aromatic carbocycles. The third-order valence-corrected chi connectivity index (χ3v) is 5.57. The lowest BCUT2D eigenvalue weighted by Crippen LogP contribution is -2.27. The molecular formula is C26H27N3O3. The molecule has 6 nitrogen and oxygen atoms in total. The van der Waals surface area contributed by atoms with Crippen molar-refractivity contribution >= 4 is 28.9 Å². The number of methoxy groups -OCH3 is 1. The van der Waals surface area contributed by atoms with E-state index in [2.05, 4.69) is 10.6 Å². The van der Waals surface area contributed by atoms with E-state index in [0.717, 1.165) is 35.5 Å². The smallest absolute Gasteiger partial charge is 0.251 e. The zero-order valence-electron chi connectivity index (χ0n) is 18.3. The molecule has 1 aliphatic rings. The molecule has 0 unspecified atom stereocenters. The first-order valence-corrected chi connectivity index (χ1v) is 10.7. The Morgan fingerprint density at radius 2 is 1.78 bits per heavy atom. The van der Waals surface area contributed by atoms with Crippen LogP contribution in [0.4, 0.5) is 17.1 Å². The summed E-state index contributed by atoms with van der Waals surface area (Å²) in [5, 5.41) is 6.34. The van der Waals surface area contributed by atoms with Crippen LogP contribution in [0, 0.1) is 6.92 Å². The number of benzene rings is 3. The summed E-state index contributed by atoms with van der Waals surface area (Å²) in [6.07, 6.45) is 1.48. The summed E-state index contributed by atoms with van der Waals surface area (Å²) in [7, 11) is 1.58. The minimum atomic E-state index is -0.610. The highest BCUT2D eigenvalue weighted by molar-refractivity contribution is 5.99. The maximum atomic E-state index is 13.3. The zero-order chi connectivity index (χ0) is 22.5. The van der Waals surface area contributed by atoms with Gasteiger partial charge < -0.3 is 20.3 Å². The first kappa shape index (κ1) is 21.4. The van der Waals surface area contributed by atoms with Crippen molar-refractivity contribution in [3.05, 3.63) is 83.9 Å². The van der Waals surface area contributed by atoms with Crippen molar-refractivity contribution in [3.8, 4) is 5.75 Å². The molecule has 32 heavy (non-hydrogen) atoms. The number of hydrogen-bond donors (Lipinski definition) is 2. The number of ether oxygens (including phenoxy) is 1. The van der Waals surface area contributed by atoms with Crippen LogP contribution in [0.1, 0.15) is 30.0 Å². The first-order chi connectivity index (χ1) is 15.5. The Labute approximate surface area is 188 Å². The molecule has 0 radical (unpaired) electrons. The normalized spacial score (nSPS) is 14.2. The average Bonchev–Trinajstić information content (AvgIpc) is 3.24. The molecule has 1 atom stereocenters. The van der Waals surface area contributed by atoms with E-state index < -0.39 is 6.04 Å². The number of amides is 2. The Kier molecular flexibility index (Phi) is 6.40. The molecule has 4 rings (SSSR count). The Balaban J connectivity index is 1.57. The van der Waals surface area contributed by atoms with Crippen molar-refractivity contribution in [2.45, 2.75) is 25.8 Å². The molecule has 0 aromatic heterocycles. The number of nitrogens with one attached hydrogen (secondary N) is 2. The van der Waals surface area contributed by atoms with Gasteiger partial charge in [0.15, 0.2) is 0 Å². The molecule has 1 saturated heterocycles. The van der Waals surface area contributed by atoms with Crippen molar-refractivity contribution in [1.82, 2.24) is 0 Å². The number of anilines is 3. The molecule has 0 aliphatic carbocycles. The van der Waals surface area contributed by atoms with Gasteiger partial charge in [-0.15, -0.1) is 0 Å². The van der Waals surface area contributed by atoms with E-state index >= 15 is 0 Å². The molecule has 3 aromatic rings. The second kappa shape index (κ2) is 9.56. The van der Waals surface area contributed by atoms with Crippen LogP contribution in [-0.4, -0.2) is 25.5 Å². The Morgan fingerprint density at radius 3 is 2.44 bits per heavy atom. The number of rotatable bonds is 7. The van der Waals surface area contributed by atoms with Crippen LogP contribution in [0.25, 0.3) is 0 Å². The topological polar surface area (TPSA) is 70.7 Å². The van der Waals surface area contributed by atoms with E-state index in [1.807, 2.05) is 79.7 Å². The van der Waals surface area contributed by atoms with Gasteiger partial charge in [-0.3, -0.25) is 9.59 Å². The lowest BCUT2D eigenvalue weighted by molar-refractivity contribution is -0.117. The summed E-state index contributed by atoms with van der Waals surface area (Å²) >= 11 is 0. The maximum absolute atomic E-state index is 13.3. The molecule has 0 spiro atoms. The number of carbonyl (C=O) groups is 2. The molecule has 0 bridgehead atoms. The van der Waals surface area contributed by atoms with E-state index in [4.69, 9.17) is 4.74 Å². The fourth-order valence-electron chi connectivity index (χ4n) is 3.90. The van der Waals surface area contributed by atoms with Crippen LogP contribution < -0.4 is 20.3 Å². The first-order valence-electron chi connectivity index (χ1n) is 10.7. The van der Waals surface area contributed by atoms with Crippen molar-refractivity contribution < 1.29 is 14.3 Å². The Hall–Kier alpha value is -3.80. The van der Waals surface area contributed by atoms with Crippen molar-refractivity contribution in [1.29, 1.82) is 0 Å². The summed E-state index contributed by atoms with van der Waals surface area (Å²) in [5.41, 5.74) is 4.17. The van der Waals surface area contributed by atoms with Gasteiger partial charge in [-0.2, -0.15) is 0 Å². The predicted molar refractivity (Wildman–Crippen MR) is 127 cm³/mol. The van der Waals surface area contributed by atoms with Crippen molar-refractivity contribution in [2.24, 2.45) is 0 Å². The standard InChI is InChI=1S/C26H27N3O3/c1-18-10-15-23(32-2)22(17-18)28-26(31)25(19-7-4-3-5-8-19)27-20-11-13-21(14-12-20)29-16-6-9-24(29)30/h3-5,7-8,10-15,17,25,27H,6,9,16H2,1-2H3,(H,28,31)/t25-/m1/s1. The van der Waals surface area contributed by atoms with Gasteiger partial charge in [0.05, 0.1) is 12.8 Å². The van der Waals surface area contributed by atoms with Gasteiger partial charge in [0.2, 0.25) is 5.91 Å². The van der Waals surface area contributed by atoms with Gasteiger partial charge >= 0.3 is 0 Å². The maximum Gasteiger partial charge on any atom is 0.251 e. The Morgan fingerprint density at radius 1 is 1.03 bits per heavy atom. The van der Waals surface area contributed by atoms with Crippen LogP contribution in [-0.2, 0) is 9.59 Å². The lowest BCUT2D eigenvalue weighted by Gasteiger charge is -2.22. The minimum absolute atomic E-state index is 0.152. The SMILES string of the molecule is COc1ccc(C)cc1NC(=O)[C@H](Nc1ccc(N2CCCC2=O)cc1)c1ccccc1. The Bertz CT molecular complexity index is 1100. The van der Waals surface area contributed by atoms with Crippen LogP contribution in [0.15, 0.2) is 72.8 Å². The van der Waals surface area contributed by atoms with Gasteiger partial charge in [0.25, 0.3) is 5.91 Å². The van der Waals surface area contributed by atoms with Gasteiger partial charge in [0.1, 0.15) is 11.8 Å². The molecule has 2 N–H and O–H groups in total. The van der Waals surface area contributed by atoms with Crippen molar-refractivity contribution in [2.75, 3.05) is 29.2 Å². The summed E-state index contributed by atoms with van der Waals surface area (Å²) in [6.45, 7) is 2.72. The molecule has 2 amide bonds. The van der Waals surface area contributed by atoms with E-state index in [9.17, 15) is 9.59 Å².